The molecule has 3 heterocycles. The van der Waals surface area contributed by atoms with E-state index in [1.807, 2.05) is 20.8 Å². The largest absolute Gasteiger partial charge is 0.455 e. The van der Waals surface area contributed by atoms with Crippen LogP contribution in [0.25, 0.3) is 0 Å². The van der Waals surface area contributed by atoms with Crippen molar-refractivity contribution in [2.24, 2.45) is 17.8 Å². The van der Waals surface area contributed by atoms with E-state index in [0.29, 0.717) is 31.4 Å². The van der Waals surface area contributed by atoms with Gasteiger partial charge in [-0.1, -0.05) is 25.5 Å². The molecule has 0 aromatic rings. The zero-order chi connectivity index (χ0) is 22.0. The fourth-order valence-corrected chi connectivity index (χ4v) is 5.53. The Balaban J connectivity index is 1.85. The highest BCUT2D eigenvalue weighted by Gasteiger charge is 2.62. The monoisotopic (exact) mass is 416 g/mol. The van der Waals surface area contributed by atoms with Crippen LogP contribution in [0.3, 0.4) is 0 Å². The SMILES string of the molecule is CC1=C2OC(=O)[C@@H]3[C@H]2[C@H](O[C@]3(C)O)/C(C)=C\CC2=C(C(C)C)CC(=O)O[C@]2(C)CC1. The maximum atomic E-state index is 12.6. The first-order valence-corrected chi connectivity index (χ1v) is 10.9. The Morgan fingerprint density at radius 3 is 2.57 bits per heavy atom. The summed E-state index contributed by atoms with van der Waals surface area (Å²) in [5, 5.41) is 10.8. The van der Waals surface area contributed by atoms with Crippen molar-refractivity contribution in [3.8, 4) is 0 Å². The molecule has 0 bridgehead atoms. The number of hydrogen-bond donors (Lipinski definition) is 1. The number of aliphatic hydroxyl groups is 1. The van der Waals surface area contributed by atoms with Crippen LogP contribution in [-0.2, 0) is 23.8 Å². The van der Waals surface area contributed by atoms with Gasteiger partial charge in [0, 0.05) is 0 Å². The van der Waals surface area contributed by atoms with Crippen LogP contribution >= 0.6 is 0 Å². The van der Waals surface area contributed by atoms with Crippen molar-refractivity contribution in [1.82, 2.24) is 0 Å². The molecule has 0 aromatic carbocycles. The van der Waals surface area contributed by atoms with Gasteiger partial charge in [-0.25, -0.2) is 0 Å². The number of ether oxygens (including phenoxy) is 3. The van der Waals surface area contributed by atoms with Gasteiger partial charge in [-0.2, -0.15) is 0 Å². The number of esters is 2. The van der Waals surface area contributed by atoms with Crippen molar-refractivity contribution in [2.75, 3.05) is 0 Å². The van der Waals surface area contributed by atoms with E-state index in [1.54, 1.807) is 6.92 Å². The average Bonchev–Trinajstić information content (AvgIpc) is 3.13. The number of hydrogen-bond acceptors (Lipinski definition) is 6. The quantitative estimate of drug-likeness (QED) is 0.515. The van der Waals surface area contributed by atoms with Crippen LogP contribution in [0.1, 0.15) is 67.2 Å². The van der Waals surface area contributed by atoms with Crippen LogP contribution in [0, 0.1) is 17.8 Å². The first-order chi connectivity index (χ1) is 13.9. The molecule has 6 nitrogen and oxygen atoms in total. The molecule has 0 saturated carbocycles. The molecule has 0 aromatic heterocycles. The second-order valence-corrected chi connectivity index (χ2v) is 9.85. The average molecular weight is 417 g/mol. The van der Waals surface area contributed by atoms with Gasteiger partial charge in [-0.05, 0) is 69.6 Å². The Hall–Kier alpha value is -1.92. The van der Waals surface area contributed by atoms with E-state index >= 15 is 0 Å². The standard InChI is InChI=1S/C24H32O6/c1-12(2)15-11-17(25)29-23(5)10-9-14(4)20-18-19(22(26)28-20)24(6,27)30-21(18)13(3)7-8-16(15)23/h7,12,18-19,21,27H,8-11H2,1-6H3/b13-7-,20-14?/t18-,19+,21-,23-,24+/m1/s1. The number of carbonyl (C=O) groups is 2. The van der Waals surface area contributed by atoms with Crippen molar-refractivity contribution in [3.63, 3.8) is 0 Å². The fraction of sp³-hybridized carbons (Fsp3) is 0.667. The Bertz CT molecular complexity index is 889. The molecule has 0 unspecified atom stereocenters. The number of rotatable bonds is 1. The maximum absolute atomic E-state index is 12.6. The Morgan fingerprint density at radius 2 is 1.90 bits per heavy atom. The first kappa shape index (κ1) is 21.3. The molecule has 2 fully saturated rings. The molecular formula is C24H32O6. The van der Waals surface area contributed by atoms with Crippen LogP contribution < -0.4 is 0 Å². The lowest BCUT2D eigenvalue weighted by Crippen LogP contribution is -2.39. The molecule has 6 heteroatoms. The molecule has 4 aliphatic rings. The van der Waals surface area contributed by atoms with E-state index in [2.05, 4.69) is 19.9 Å². The van der Waals surface area contributed by atoms with Gasteiger partial charge >= 0.3 is 11.9 Å². The zero-order valence-corrected chi connectivity index (χ0v) is 18.7. The van der Waals surface area contributed by atoms with Gasteiger partial charge in [-0.3, -0.25) is 9.59 Å². The summed E-state index contributed by atoms with van der Waals surface area (Å²) in [6.45, 7) is 11.7. The molecule has 2 saturated heterocycles. The van der Waals surface area contributed by atoms with Gasteiger partial charge in [0.1, 0.15) is 17.3 Å². The van der Waals surface area contributed by atoms with Crippen molar-refractivity contribution < 1.29 is 28.9 Å². The van der Waals surface area contributed by atoms with Crippen LogP contribution in [0.2, 0.25) is 0 Å². The molecule has 1 N–H and O–H groups in total. The molecule has 0 spiro atoms. The van der Waals surface area contributed by atoms with E-state index < -0.39 is 29.4 Å². The molecule has 1 aliphatic carbocycles. The number of allylic oxidation sites excluding steroid dienone is 2. The first-order valence-electron chi connectivity index (χ1n) is 10.9. The minimum atomic E-state index is -1.56. The van der Waals surface area contributed by atoms with E-state index in [1.165, 1.54) is 0 Å². The molecule has 5 atom stereocenters. The summed E-state index contributed by atoms with van der Waals surface area (Å²) in [6, 6.07) is 0. The van der Waals surface area contributed by atoms with Crippen molar-refractivity contribution >= 4 is 11.9 Å². The minimum absolute atomic E-state index is 0.186. The second-order valence-electron chi connectivity index (χ2n) is 9.85. The van der Waals surface area contributed by atoms with E-state index in [9.17, 15) is 14.7 Å². The number of carbonyl (C=O) groups excluding carboxylic acids is 2. The zero-order valence-electron chi connectivity index (χ0n) is 18.7. The highest BCUT2D eigenvalue weighted by Crippen LogP contribution is 2.52. The summed E-state index contributed by atoms with van der Waals surface area (Å²) in [6.07, 6.45) is 3.87. The van der Waals surface area contributed by atoms with Crippen molar-refractivity contribution in [2.45, 2.75) is 84.7 Å². The summed E-state index contributed by atoms with van der Waals surface area (Å²) in [5.74, 6) is -2.42. The Kier molecular flexibility index (Phi) is 5.02. The van der Waals surface area contributed by atoms with Crippen LogP contribution in [0.5, 0.6) is 0 Å². The van der Waals surface area contributed by atoms with E-state index in [-0.39, 0.29) is 17.8 Å². The van der Waals surface area contributed by atoms with Gasteiger partial charge in [0.15, 0.2) is 5.79 Å². The highest BCUT2D eigenvalue weighted by molar-refractivity contribution is 5.80. The normalized spacial score (nSPS) is 41.1. The lowest BCUT2D eigenvalue weighted by atomic mass is 9.78. The third-order valence-corrected chi connectivity index (χ3v) is 7.27. The summed E-state index contributed by atoms with van der Waals surface area (Å²) in [7, 11) is 0. The molecular weight excluding hydrogens is 384 g/mol. The lowest BCUT2D eigenvalue weighted by molar-refractivity contribution is -0.200. The highest BCUT2D eigenvalue weighted by atomic mass is 16.6. The maximum Gasteiger partial charge on any atom is 0.320 e. The van der Waals surface area contributed by atoms with E-state index in [4.69, 9.17) is 14.2 Å². The summed E-state index contributed by atoms with van der Waals surface area (Å²) >= 11 is 0. The molecule has 3 aliphatic heterocycles. The second kappa shape index (κ2) is 7.06. The smallest absolute Gasteiger partial charge is 0.320 e. The van der Waals surface area contributed by atoms with Gasteiger partial charge in [0.25, 0.3) is 0 Å². The van der Waals surface area contributed by atoms with Gasteiger partial charge < -0.3 is 19.3 Å². The predicted molar refractivity (Wildman–Crippen MR) is 110 cm³/mol. The summed E-state index contributed by atoms with van der Waals surface area (Å²) in [5.41, 5.74) is 3.49. The topological polar surface area (TPSA) is 82.1 Å². The van der Waals surface area contributed by atoms with Gasteiger partial charge in [0.2, 0.25) is 0 Å². The molecule has 164 valence electrons. The Morgan fingerprint density at radius 1 is 1.20 bits per heavy atom. The van der Waals surface area contributed by atoms with Crippen LogP contribution in [-0.4, -0.2) is 34.5 Å². The summed E-state index contributed by atoms with van der Waals surface area (Å²) in [4.78, 5) is 25.0. The summed E-state index contributed by atoms with van der Waals surface area (Å²) < 4.78 is 17.6. The fourth-order valence-electron chi connectivity index (χ4n) is 5.53. The minimum Gasteiger partial charge on any atom is -0.455 e. The molecule has 4 rings (SSSR count). The Labute approximate surface area is 177 Å². The van der Waals surface area contributed by atoms with Gasteiger partial charge in [0.05, 0.1) is 18.4 Å². The number of fused-ring (bicyclic) bond motifs is 1. The van der Waals surface area contributed by atoms with Crippen LogP contribution in [0.15, 0.2) is 34.1 Å². The lowest BCUT2D eigenvalue weighted by Gasteiger charge is -2.39. The van der Waals surface area contributed by atoms with Crippen molar-refractivity contribution in [3.05, 3.63) is 34.1 Å². The molecule has 30 heavy (non-hydrogen) atoms. The van der Waals surface area contributed by atoms with Crippen LogP contribution in [0.4, 0.5) is 0 Å². The van der Waals surface area contributed by atoms with Crippen molar-refractivity contribution in [1.29, 1.82) is 0 Å². The molecule has 0 radical (unpaired) electrons. The molecule has 0 amide bonds. The third-order valence-electron chi connectivity index (χ3n) is 7.27. The van der Waals surface area contributed by atoms with E-state index in [0.717, 1.165) is 22.3 Å². The predicted octanol–water partition coefficient (Wildman–Crippen LogP) is 3.95. The van der Waals surface area contributed by atoms with Gasteiger partial charge in [-0.15, -0.1) is 0 Å². The third kappa shape index (κ3) is 3.25.